The van der Waals surface area contributed by atoms with E-state index < -0.39 is 13.2 Å². The number of benzene rings is 2. The number of hydrogen-bond acceptors (Lipinski definition) is 2. The monoisotopic (exact) mass is 508 g/mol. The summed E-state index contributed by atoms with van der Waals surface area (Å²) in [6.07, 6.45) is 17.9. The average Bonchev–Trinajstić information content (AvgIpc) is 3.39. The van der Waals surface area contributed by atoms with Crippen LogP contribution in [-0.2, 0) is 4.79 Å². The first-order chi connectivity index (χ1) is 17.5. The molecule has 3 rings (SSSR count). The van der Waals surface area contributed by atoms with Gasteiger partial charge in [-0.2, -0.15) is 0 Å². The van der Waals surface area contributed by atoms with Gasteiger partial charge in [-0.15, -0.1) is 0 Å². The number of nitrogens with zero attached hydrogens (tertiary/aromatic N) is 2. The number of carbonyl (C=O) groups is 1. The number of rotatable bonds is 17. The molecule has 0 saturated heterocycles. The Kier molecular flexibility index (Phi) is 11.7. The van der Waals surface area contributed by atoms with E-state index in [-0.39, 0.29) is 0 Å². The maximum absolute atomic E-state index is 10.6. The molecule has 36 heavy (non-hydrogen) atoms. The first kappa shape index (κ1) is 28.1. The Bertz CT molecular complexity index is 978. The fourth-order valence-electron chi connectivity index (χ4n) is 5.30. The van der Waals surface area contributed by atoms with E-state index in [2.05, 4.69) is 91.6 Å². The number of aliphatic carboxylic acids is 1. The van der Waals surface area contributed by atoms with Crippen molar-refractivity contribution in [2.45, 2.75) is 90.5 Å². The zero-order valence-electron chi connectivity index (χ0n) is 22.2. The molecule has 0 atom stereocenters. The Morgan fingerprint density at radius 2 is 1.22 bits per heavy atom. The van der Waals surface area contributed by atoms with Crippen molar-refractivity contribution in [2.24, 2.45) is 0 Å². The predicted octanol–water partition coefficient (Wildman–Crippen LogP) is 6.87. The van der Waals surface area contributed by atoms with Crippen molar-refractivity contribution < 1.29 is 9.90 Å². The summed E-state index contributed by atoms with van der Waals surface area (Å²) in [5.74, 6) is -0.671. The summed E-state index contributed by atoms with van der Waals surface area (Å²) in [4.78, 5) is 10.6. The topological polar surface area (TPSA) is 55.1 Å². The molecule has 5 heteroatoms. The van der Waals surface area contributed by atoms with Gasteiger partial charge in [0.05, 0.1) is 0 Å². The molecular weight excluding hydrogens is 463 g/mol. The number of aromatic nitrogens is 2. The van der Waals surface area contributed by atoms with E-state index in [0.717, 1.165) is 12.8 Å². The molecule has 0 aliphatic carbocycles. The second-order valence-corrected chi connectivity index (χ2v) is 14.4. The quantitative estimate of drug-likeness (QED) is 0.160. The van der Waals surface area contributed by atoms with E-state index in [1.807, 2.05) is 0 Å². The van der Waals surface area contributed by atoms with Gasteiger partial charge in [-0.1, -0.05) is 0 Å². The molecule has 0 saturated carbocycles. The first-order valence-corrected chi connectivity index (χ1v) is 16.1. The Morgan fingerprint density at radius 3 is 1.67 bits per heavy atom. The Hall–Kier alpha value is -2.45. The molecule has 0 fully saturated rings. The molecular formula is C31H45N2O2P. The number of hydrogen-bond donors (Lipinski definition) is 1. The van der Waals surface area contributed by atoms with Crippen LogP contribution in [0.15, 0.2) is 73.1 Å². The van der Waals surface area contributed by atoms with Crippen LogP contribution in [-0.4, -0.2) is 27.0 Å². The SMILES string of the molecule is CC(C)n1cc([PH](CCCCCCCCCCCCC(=O)O)(c2ccccc2)c2ccccc2)cn1. The van der Waals surface area contributed by atoms with Crippen LogP contribution in [0.2, 0.25) is 0 Å². The van der Waals surface area contributed by atoms with Crippen molar-refractivity contribution in [2.75, 3.05) is 6.16 Å². The summed E-state index contributed by atoms with van der Waals surface area (Å²) in [7, 11) is -2.18. The maximum atomic E-state index is 10.6. The van der Waals surface area contributed by atoms with Crippen molar-refractivity contribution in [3.05, 3.63) is 73.1 Å². The third kappa shape index (κ3) is 8.03. The standard InChI is InChI=1S/C31H45N2O2P/c1-27(2)33-26-30(25-32-33)36(28-19-13-11-14-20-28,29-21-15-12-16-22-29)24-18-10-8-6-4-3-5-7-9-17-23-31(34)35/h11-16,19-22,25-27,36H,3-10,17-18,23-24H2,1-2H3,(H,34,35). The molecule has 0 aliphatic heterocycles. The van der Waals surface area contributed by atoms with Crippen molar-refractivity contribution in [1.82, 2.24) is 9.78 Å². The summed E-state index contributed by atoms with van der Waals surface area (Å²) in [5, 5.41) is 17.9. The van der Waals surface area contributed by atoms with Crippen LogP contribution in [0.5, 0.6) is 0 Å². The Morgan fingerprint density at radius 1 is 0.750 bits per heavy atom. The van der Waals surface area contributed by atoms with Crippen LogP contribution in [0.1, 0.15) is 90.5 Å². The van der Waals surface area contributed by atoms with Crippen LogP contribution >= 0.6 is 7.26 Å². The normalized spacial score (nSPS) is 12.2. The van der Waals surface area contributed by atoms with E-state index >= 15 is 0 Å². The van der Waals surface area contributed by atoms with Crippen LogP contribution in [0.25, 0.3) is 0 Å². The molecule has 3 aromatic rings. The van der Waals surface area contributed by atoms with Gasteiger partial charge in [-0.3, -0.25) is 4.79 Å². The molecule has 0 amide bonds. The Balaban J connectivity index is 1.61. The molecule has 2 aromatic carbocycles. The number of carboxylic acid groups (broad SMARTS) is 1. The summed E-state index contributed by atoms with van der Waals surface area (Å²) in [6.45, 7) is 4.39. The van der Waals surface area contributed by atoms with Crippen LogP contribution < -0.4 is 15.9 Å². The summed E-state index contributed by atoms with van der Waals surface area (Å²) in [6, 6.07) is 22.7. The molecule has 1 N–H and O–H groups in total. The van der Waals surface area contributed by atoms with Crippen LogP contribution in [0.3, 0.4) is 0 Å². The molecule has 1 heterocycles. The van der Waals surface area contributed by atoms with Gasteiger partial charge in [0.2, 0.25) is 0 Å². The minimum absolute atomic E-state index is 0.315. The van der Waals surface area contributed by atoms with E-state index in [1.165, 1.54) is 73.4 Å². The van der Waals surface area contributed by atoms with E-state index in [4.69, 9.17) is 10.2 Å². The van der Waals surface area contributed by atoms with Gasteiger partial charge in [0, 0.05) is 0 Å². The van der Waals surface area contributed by atoms with Crippen molar-refractivity contribution >= 4 is 29.1 Å². The van der Waals surface area contributed by atoms with Gasteiger partial charge >= 0.3 is 209 Å². The van der Waals surface area contributed by atoms with Crippen molar-refractivity contribution in [1.29, 1.82) is 0 Å². The summed E-state index contributed by atoms with van der Waals surface area (Å²) >= 11 is 0. The second-order valence-electron chi connectivity index (χ2n) is 10.4. The number of carboxylic acids is 1. The minimum atomic E-state index is -2.18. The number of unbranched alkanes of at least 4 members (excludes halogenated alkanes) is 9. The molecule has 0 aliphatic rings. The predicted molar refractivity (Wildman–Crippen MR) is 156 cm³/mol. The molecule has 0 unspecified atom stereocenters. The zero-order valence-corrected chi connectivity index (χ0v) is 23.2. The molecule has 0 spiro atoms. The van der Waals surface area contributed by atoms with Crippen LogP contribution in [0, 0.1) is 0 Å². The second kappa shape index (κ2) is 15.0. The van der Waals surface area contributed by atoms with E-state index in [9.17, 15) is 4.79 Å². The molecule has 196 valence electrons. The third-order valence-electron chi connectivity index (χ3n) is 7.35. The van der Waals surface area contributed by atoms with Gasteiger partial charge in [0.1, 0.15) is 0 Å². The third-order valence-corrected chi connectivity index (χ3v) is 12.3. The van der Waals surface area contributed by atoms with E-state index in [0.29, 0.717) is 12.5 Å². The fourth-order valence-corrected chi connectivity index (χ4v) is 10.1. The van der Waals surface area contributed by atoms with Crippen molar-refractivity contribution in [3.63, 3.8) is 0 Å². The van der Waals surface area contributed by atoms with Crippen LogP contribution in [0.4, 0.5) is 0 Å². The van der Waals surface area contributed by atoms with Crippen molar-refractivity contribution in [3.8, 4) is 0 Å². The van der Waals surface area contributed by atoms with E-state index in [1.54, 1.807) is 0 Å². The Labute approximate surface area is 218 Å². The summed E-state index contributed by atoms with van der Waals surface area (Å²) in [5.41, 5.74) is 0. The van der Waals surface area contributed by atoms with Gasteiger partial charge < -0.3 is 5.11 Å². The van der Waals surface area contributed by atoms with Gasteiger partial charge in [0.15, 0.2) is 0 Å². The van der Waals surface area contributed by atoms with Gasteiger partial charge in [0.25, 0.3) is 0 Å². The fraction of sp³-hybridized carbons (Fsp3) is 0.484. The summed E-state index contributed by atoms with van der Waals surface area (Å²) < 4.78 is 2.12. The molecule has 0 radical (unpaired) electrons. The average molecular weight is 509 g/mol. The molecule has 0 bridgehead atoms. The van der Waals surface area contributed by atoms with Gasteiger partial charge in [-0.25, -0.2) is 0 Å². The molecule has 4 nitrogen and oxygen atoms in total. The molecule has 1 aromatic heterocycles. The van der Waals surface area contributed by atoms with Gasteiger partial charge in [-0.05, 0) is 0 Å². The first-order valence-electron chi connectivity index (χ1n) is 13.9. The zero-order chi connectivity index (χ0) is 25.6.